The Kier molecular flexibility index (Phi) is 6.56. The number of carboxylic acid groups (broad SMARTS) is 1. The van der Waals surface area contributed by atoms with Crippen LogP contribution in [-0.2, 0) is 0 Å². The van der Waals surface area contributed by atoms with Gasteiger partial charge in [0.25, 0.3) is 0 Å². The molecule has 4 nitrogen and oxygen atoms in total. The minimum Gasteiger partial charge on any atom is -0.494 e. The number of nitrogens with one attached hydrogen (secondary N) is 1. The van der Waals surface area contributed by atoms with E-state index in [4.69, 9.17) is 27.9 Å². The molecule has 0 saturated carbocycles. The molecule has 6 heteroatoms. The summed E-state index contributed by atoms with van der Waals surface area (Å²) in [6.45, 7) is 1.20. The number of para-hydroxylation sites is 1. The lowest BCUT2D eigenvalue weighted by Crippen LogP contribution is -2.09. The Morgan fingerprint density at radius 2 is 1.87 bits per heavy atom. The molecule has 0 aliphatic carbocycles. The Morgan fingerprint density at radius 1 is 1.13 bits per heavy atom. The Balaban J connectivity index is 1.79. The first-order valence-electron chi connectivity index (χ1n) is 7.22. The summed E-state index contributed by atoms with van der Waals surface area (Å²) in [5, 5.41) is 12.9. The molecule has 0 atom stereocenters. The van der Waals surface area contributed by atoms with Crippen LogP contribution in [0.4, 0.5) is 5.69 Å². The van der Waals surface area contributed by atoms with Crippen LogP contribution in [0.1, 0.15) is 23.2 Å². The van der Waals surface area contributed by atoms with Crippen LogP contribution >= 0.6 is 23.2 Å². The maximum Gasteiger partial charge on any atom is 0.337 e. The molecule has 0 aliphatic heterocycles. The average molecular weight is 354 g/mol. The van der Waals surface area contributed by atoms with Gasteiger partial charge in [-0.3, -0.25) is 0 Å². The molecule has 0 heterocycles. The minimum absolute atomic E-state index is 0.0723. The number of anilines is 1. The van der Waals surface area contributed by atoms with Gasteiger partial charge in [-0.1, -0.05) is 41.4 Å². The smallest absolute Gasteiger partial charge is 0.337 e. The summed E-state index contributed by atoms with van der Waals surface area (Å²) in [4.78, 5) is 11.2. The van der Waals surface area contributed by atoms with Crippen molar-refractivity contribution in [1.82, 2.24) is 0 Å². The van der Waals surface area contributed by atoms with Gasteiger partial charge in [0.2, 0.25) is 0 Å². The molecular formula is C17H17Cl2NO3. The van der Waals surface area contributed by atoms with E-state index in [1.54, 1.807) is 0 Å². The van der Waals surface area contributed by atoms with Gasteiger partial charge in [-0.05, 0) is 37.1 Å². The zero-order valence-electron chi connectivity index (χ0n) is 12.4. The van der Waals surface area contributed by atoms with Crippen LogP contribution in [0, 0.1) is 0 Å². The van der Waals surface area contributed by atoms with Crippen molar-refractivity contribution >= 4 is 34.9 Å². The van der Waals surface area contributed by atoms with Gasteiger partial charge < -0.3 is 15.2 Å². The van der Waals surface area contributed by atoms with Crippen LogP contribution in [0.25, 0.3) is 0 Å². The Morgan fingerprint density at radius 3 is 2.57 bits per heavy atom. The maximum absolute atomic E-state index is 11.2. The monoisotopic (exact) mass is 353 g/mol. The first kappa shape index (κ1) is 17.4. The van der Waals surface area contributed by atoms with Gasteiger partial charge in [-0.25, -0.2) is 4.79 Å². The van der Waals surface area contributed by atoms with E-state index >= 15 is 0 Å². The predicted molar refractivity (Wildman–Crippen MR) is 93.1 cm³/mol. The van der Waals surface area contributed by atoms with Gasteiger partial charge in [0.1, 0.15) is 5.75 Å². The molecule has 2 rings (SSSR count). The van der Waals surface area contributed by atoms with Crippen molar-refractivity contribution in [3.05, 3.63) is 58.1 Å². The van der Waals surface area contributed by atoms with Crippen molar-refractivity contribution in [1.29, 1.82) is 0 Å². The highest BCUT2D eigenvalue weighted by molar-refractivity contribution is 6.37. The van der Waals surface area contributed by atoms with E-state index in [1.807, 2.05) is 30.3 Å². The largest absolute Gasteiger partial charge is 0.494 e. The van der Waals surface area contributed by atoms with Gasteiger partial charge in [0.05, 0.1) is 22.9 Å². The van der Waals surface area contributed by atoms with Crippen LogP contribution in [0.5, 0.6) is 5.75 Å². The number of carboxylic acids is 1. The normalized spacial score (nSPS) is 10.3. The summed E-state index contributed by atoms with van der Waals surface area (Å²) in [7, 11) is 0. The summed E-state index contributed by atoms with van der Waals surface area (Å²) >= 11 is 11.9. The molecule has 0 bridgehead atoms. The van der Waals surface area contributed by atoms with Gasteiger partial charge in [0.15, 0.2) is 0 Å². The van der Waals surface area contributed by atoms with Crippen molar-refractivity contribution in [2.45, 2.75) is 12.8 Å². The number of ether oxygens (including phenoxy) is 1. The molecule has 0 saturated heterocycles. The number of aromatic carboxylic acids is 1. The summed E-state index contributed by atoms with van der Waals surface area (Å²) < 4.78 is 5.59. The third kappa shape index (κ3) is 5.34. The molecule has 0 amide bonds. The van der Waals surface area contributed by atoms with E-state index in [0.29, 0.717) is 28.9 Å². The molecule has 0 fully saturated rings. The van der Waals surface area contributed by atoms with E-state index in [2.05, 4.69) is 5.32 Å². The number of hydrogen-bond acceptors (Lipinski definition) is 3. The fourth-order valence-electron chi connectivity index (χ4n) is 2.07. The molecular weight excluding hydrogens is 337 g/mol. The predicted octanol–water partition coefficient (Wildman–Crippen LogP) is 4.96. The summed E-state index contributed by atoms with van der Waals surface area (Å²) in [6, 6.07) is 12.5. The van der Waals surface area contributed by atoms with Gasteiger partial charge in [-0.2, -0.15) is 0 Å². The molecule has 23 heavy (non-hydrogen) atoms. The van der Waals surface area contributed by atoms with E-state index in [9.17, 15) is 9.90 Å². The molecule has 2 aromatic carbocycles. The molecule has 2 N–H and O–H groups in total. The minimum atomic E-state index is -1.07. The Labute approximate surface area is 145 Å². The van der Waals surface area contributed by atoms with Crippen molar-refractivity contribution in [2.24, 2.45) is 0 Å². The lowest BCUT2D eigenvalue weighted by Gasteiger charge is -2.12. The van der Waals surface area contributed by atoms with Crippen molar-refractivity contribution in [3.8, 4) is 5.75 Å². The second-order valence-electron chi connectivity index (χ2n) is 4.91. The zero-order chi connectivity index (χ0) is 16.7. The highest BCUT2D eigenvalue weighted by Gasteiger charge is 2.14. The third-order valence-corrected chi connectivity index (χ3v) is 3.69. The molecule has 0 radical (unpaired) electrons. The number of unbranched alkanes of at least 4 members (excludes halogenated alkanes) is 1. The number of benzene rings is 2. The quantitative estimate of drug-likeness (QED) is 0.658. The maximum atomic E-state index is 11.2. The van der Waals surface area contributed by atoms with Gasteiger partial charge in [0, 0.05) is 11.6 Å². The zero-order valence-corrected chi connectivity index (χ0v) is 13.9. The first-order chi connectivity index (χ1) is 11.1. The number of carbonyl (C=O) groups is 1. The topological polar surface area (TPSA) is 58.6 Å². The van der Waals surface area contributed by atoms with Crippen LogP contribution in [0.15, 0.2) is 42.5 Å². The number of hydrogen-bond donors (Lipinski definition) is 2. The fourth-order valence-corrected chi connectivity index (χ4v) is 2.63. The molecule has 0 aliphatic rings. The van der Waals surface area contributed by atoms with E-state index in [0.717, 1.165) is 18.6 Å². The standard InChI is InChI=1S/C17H17Cl2NO3/c18-12-10-14(17(21)22)16(15(19)11-12)20-8-4-5-9-23-13-6-2-1-3-7-13/h1-3,6-7,10-11,20H,4-5,8-9H2,(H,21,22). The second kappa shape index (κ2) is 8.65. The Bertz CT molecular complexity index is 662. The summed E-state index contributed by atoms with van der Waals surface area (Å²) in [5.41, 5.74) is 0.468. The van der Waals surface area contributed by atoms with Crippen LogP contribution < -0.4 is 10.1 Å². The molecule has 122 valence electrons. The van der Waals surface area contributed by atoms with E-state index in [1.165, 1.54) is 12.1 Å². The van der Waals surface area contributed by atoms with E-state index < -0.39 is 5.97 Å². The third-order valence-electron chi connectivity index (χ3n) is 3.17. The molecule has 2 aromatic rings. The highest BCUT2D eigenvalue weighted by atomic mass is 35.5. The van der Waals surface area contributed by atoms with Crippen LogP contribution in [0.3, 0.4) is 0 Å². The lowest BCUT2D eigenvalue weighted by atomic mass is 10.1. The molecule has 0 unspecified atom stereocenters. The second-order valence-corrected chi connectivity index (χ2v) is 5.75. The van der Waals surface area contributed by atoms with Gasteiger partial charge in [-0.15, -0.1) is 0 Å². The number of rotatable bonds is 8. The van der Waals surface area contributed by atoms with Crippen LogP contribution in [-0.4, -0.2) is 24.2 Å². The summed E-state index contributed by atoms with van der Waals surface area (Å²) in [5.74, 6) is -0.223. The van der Waals surface area contributed by atoms with Crippen molar-refractivity contribution in [2.75, 3.05) is 18.5 Å². The fraction of sp³-hybridized carbons (Fsp3) is 0.235. The van der Waals surface area contributed by atoms with Crippen molar-refractivity contribution in [3.63, 3.8) is 0 Å². The summed E-state index contributed by atoms with van der Waals surface area (Å²) in [6.07, 6.45) is 1.67. The van der Waals surface area contributed by atoms with Gasteiger partial charge >= 0.3 is 5.97 Å². The lowest BCUT2D eigenvalue weighted by molar-refractivity contribution is 0.0698. The Hall–Kier alpha value is -1.91. The number of halogens is 2. The highest BCUT2D eigenvalue weighted by Crippen LogP contribution is 2.30. The van der Waals surface area contributed by atoms with Crippen molar-refractivity contribution < 1.29 is 14.6 Å². The molecule has 0 spiro atoms. The van der Waals surface area contributed by atoms with Crippen LogP contribution in [0.2, 0.25) is 10.0 Å². The molecule has 0 aromatic heterocycles. The SMILES string of the molecule is O=C(O)c1cc(Cl)cc(Cl)c1NCCCCOc1ccccc1. The first-order valence-corrected chi connectivity index (χ1v) is 7.97. The van der Waals surface area contributed by atoms with E-state index in [-0.39, 0.29) is 5.56 Å². The average Bonchev–Trinajstić information content (AvgIpc) is 2.52.